The summed E-state index contributed by atoms with van der Waals surface area (Å²) in [6.07, 6.45) is 9.45. The van der Waals surface area contributed by atoms with E-state index in [4.69, 9.17) is 5.26 Å². The molecule has 1 aliphatic heterocycles. The van der Waals surface area contributed by atoms with Gasteiger partial charge < -0.3 is 5.32 Å². The lowest BCUT2D eigenvalue weighted by molar-refractivity contribution is 0.141. The second-order valence-corrected chi connectivity index (χ2v) is 6.06. The van der Waals surface area contributed by atoms with Crippen LogP contribution in [0.1, 0.15) is 51.9 Å². The first-order valence-corrected chi connectivity index (χ1v) is 7.67. The lowest BCUT2D eigenvalue weighted by Crippen LogP contribution is -2.52. The Morgan fingerprint density at radius 1 is 1.17 bits per heavy atom. The molecular weight excluding hydrogens is 222 g/mol. The fourth-order valence-corrected chi connectivity index (χ4v) is 3.55. The van der Waals surface area contributed by atoms with Gasteiger partial charge in [-0.2, -0.15) is 5.26 Å². The van der Waals surface area contributed by atoms with Crippen molar-refractivity contribution in [2.45, 2.75) is 64.0 Å². The predicted octanol–water partition coefficient (Wildman–Crippen LogP) is 2.53. The van der Waals surface area contributed by atoms with Crippen LogP contribution in [0.15, 0.2) is 0 Å². The molecular formula is C15H27N3. The molecule has 1 N–H and O–H groups in total. The van der Waals surface area contributed by atoms with Gasteiger partial charge in [-0.3, -0.25) is 4.90 Å². The molecule has 102 valence electrons. The predicted molar refractivity (Wildman–Crippen MR) is 74.2 cm³/mol. The number of hydrogen-bond acceptors (Lipinski definition) is 3. The molecule has 2 aliphatic rings. The van der Waals surface area contributed by atoms with E-state index in [-0.39, 0.29) is 0 Å². The summed E-state index contributed by atoms with van der Waals surface area (Å²) >= 11 is 0. The van der Waals surface area contributed by atoms with Crippen LogP contribution in [0, 0.1) is 17.2 Å². The first-order chi connectivity index (χ1) is 8.81. The van der Waals surface area contributed by atoms with Crippen LogP contribution in [0.5, 0.6) is 0 Å². The summed E-state index contributed by atoms with van der Waals surface area (Å²) in [5, 5.41) is 12.7. The lowest BCUT2D eigenvalue weighted by atomic mass is 9.89. The number of rotatable bonds is 4. The van der Waals surface area contributed by atoms with Crippen LogP contribution >= 0.6 is 0 Å². The zero-order chi connectivity index (χ0) is 12.8. The van der Waals surface area contributed by atoms with Gasteiger partial charge in [0.05, 0.1) is 12.6 Å². The van der Waals surface area contributed by atoms with Crippen molar-refractivity contribution in [1.29, 1.82) is 5.26 Å². The molecule has 18 heavy (non-hydrogen) atoms. The number of nitrogens with one attached hydrogen (secondary N) is 1. The standard InChI is InChI=1S/C15H27N3/c1-2-13-10-15(12-18(11-13)9-8-16)17-14-6-4-3-5-7-14/h13-15,17H,2-7,9-12H2,1H3. The maximum atomic E-state index is 8.87. The Morgan fingerprint density at radius 2 is 1.94 bits per heavy atom. The van der Waals surface area contributed by atoms with Gasteiger partial charge in [-0.25, -0.2) is 0 Å². The topological polar surface area (TPSA) is 39.1 Å². The molecule has 3 nitrogen and oxygen atoms in total. The van der Waals surface area contributed by atoms with Crippen LogP contribution in [0.3, 0.4) is 0 Å². The molecule has 0 aromatic rings. The van der Waals surface area contributed by atoms with Gasteiger partial charge in [0.25, 0.3) is 0 Å². The Morgan fingerprint density at radius 3 is 2.61 bits per heavy atom. The first-order valence-electron chi connectivity index (χ1n) is 7.67. The van der Waals surface area contributed by atoms with E-state index >= 15 is 0 Å². The maximum Gasteiger partial charge on any atom is 0.0866 e. The Bertz CT molecular complexity index is 278. The zero-order valence-corrected chi connectivity index (χ0v) is 11.7. The minimum absolute atomic E-state index is 0.597. The lowest BCUT2D eigenvalue weighted by Gasteiger charge is -2.39. The molecule has 0 spiro atoms. The molecule has 0 aromatic carbocycles. The van der Waals surface area contributed by atoms with E-state index in [9.17, 15) is 0 Å². The van der Waals surface area contributed by atoms with E-state index in [1.54, 1.807) is 0 Å². The van der Waals surface area contributed by atoms with E-state index in [1.165, 1.54) is 44.9 Å². The summed E-state index contributed by atoms with van der Waals surface area (Å²) in [6.45, 7) is 5.06. The molecule has 1 saturated carbocycles. The molecule has 0 bridgehead atoms. The first kappa shape index (κ1) is 13.8. The van der Waals surface area contributed by atoms with Crippen molar-refractivity contribution in [3.63, 3.8) is 0 Å². The van der Waals surface area contributed by atoms with E-state index < -0.39 is 0 Å². The molecule has 1 aliphatic carbocycles. The van der Waals surface area contributed by atoms with Crippen molar-refractivity contribution >= 4 is 0 Å². The van der Waals surface area contributed by atoms with E-state index in [1.807, 2.05) is 0 Å². The third kappa shape index (κ3) is 3.96. The van der Waals surface area contributed by atoms with E-state index in [0.29, 0.717) is 12.6 Å². The number of nitrogens with zero attached hydrogens (tertiary/aromatic N) is 2. The van der Waals surface area contributed by atoms with Gasteiger partial charge in [-0.15, -0.1) is 0 Å². The highest BCUT2D eigenvalue weighted by atomic mass is 15.2. The van der Waals surface area contributed by atoms with Crippen molar-refractivity contribution < 1.29 is 0 Å². The third-order valence-corrected chi connectivity index (χ3v) is 4.56. The highest BCUT2D eigenvalue weighted by Crippen LogP contribution is 2.23. The van der Waals surface area contributed by atoms with Crippen molar-refractivity contribution in [2.24, 2.45) is 5.92 Å². The quantitative estimate of drug-likeness (QED) is 0.778. The molecule has 0 radical (unpaired) electrons. The van der Waals surface area contributed by atoms with Crippen molar-refractivity contribution in [3.05, 3.63) is 0 Å². The van der Waals surface area contributed by atoms with E-state index in [2.05, 4.69) is 23.2 Å². The van der Waals surface area contributed by atoms with Gasteiger partial charge in [-0.05, 0) is 25.2 Å². The fourth-order valence-electron chi connectivity index (χ4n) is 3.55. The second-order valence-electron chi connectivity index (χ2n) is 6.06. The summed E-state index contributed by atoms with van der Waals surface area (Å²) in [5.74, 6) is 0.771. The van der Waals surface area contributed by atoms with Crippen molar-refractivity contribution in [2.75, 3.05) is 19.6 Å². The maximum absolute atomic E-state index is 8.87. The molecule has 2 atom stereocenters. The smallest absolute Gasteiger partial charge is 0.0866 e. The van der Waals surface area contributed by atoms with Crippen LogP contribution in [-0.4, -0.2) is 36.6 Å². The fraction of sp³-hybridized carbons (Fsp3) is 0.933. The van der Waals surface area contributed by atoms with Crippen molar-refractivity contribution in [3.8, 4) is 6.07 Å². The Hall–Kier alpha value is -0.590. The molecule has 1 saturated heterocycles. The van der Waals surface area contributed by atoms with Crippen molar-refractivity contribution in [1.82, 2.24) is 10.2 Å². The summed E-state index contributed by atoms with van der Waals surface area (Å²) in [5.41, 5.74) is 0. The minimum Gasteiger partial charge on any atom is -0.310 e. The monoisotopic (exact) mass is 249 g/mol. The van der Waals surface area contributed by atoms with Gasteiger partial charge in [0, 0.05) is 25.2 Å². The molecule has 0 aromatic heterocycles. The summed E-state index contributed by atoms with van der Waals surface area (Å²) < 4.78 is 0. The largest absolute Gasteiger partial charge is 0.310 e. The molecule has 1 heterocycles. The molecule has 3 heteroatoms. The number of likely N-dealkylation sites (tertiary alicyclic amines) is 1. The Labute approximate surface area is 112 Å². The van der Waals surface area contributed by atoms with E-state index in [0.717, 1.165) is 25.0 Å². The van der Waals surface area contributed by atoms with Gasteiger partial charge in [-0.1, -0.05) is 32.6 Å². The average Bonchev–Trinajstić information content (AvgIpc) is 2.40. The van der Waals surface area contributed by atoms with Crippen LogP contribution < -0.4 is 5.32 Å². The molecule has 2 unspecified atom stereocenters. The molecule has 2 rings (SSSR count). The number of hydrogen-bond donors (Lipinski definition) is 1. The van der Waals surface area contributed by atoms with Crippen LogP contribution in [0.4, 0.5) is 0 Å². The SMILES string of the molecule is CCC1CC(NC2CCCCC2)CN(CC#N)C1. The highest BCUT2D eigenvalue weighted by molar-refractivity contribution is 4.89. The summed E-state index contributed by atoms with van der Waals surface area (Å²) in [4.78, 5) is 2.33. The third-order valence-electron chi connectivity index (χ3n) is 4.56. The van der Waals surface area contributed by atoms with Gasteiger partial charge >= 0.3 is 0 Å². The van der Waals surface area contributed by atoms with Crippen LogP contribution in [-0.2, 0) is 0 Å². The normalized spacial score (nSPS) is 31.1. The minimum atomic E-state index is 0.597. The average molecular weight is 249 g/mol. The number of nitriles is 1. The summed E-state index contributed by atoms with van der Waals surface area (Å²) in [7, 11) is 0. The van der Waals surface area contributed by atoms with Crippen LogP contribution in [0.25, 0.3) is 0 Å². The Balaban J connectivity index is 1.84. The van der Waals surface area contributed by atoms with Crippen LogP contribution in [0.2, 0.25) is 0 Å². The second kappa shape index (κ2) is 7.11. The van der Waals surface area contributed by atoms with Gasteiger partial charge in [0.2, 0.25) is 0 Å². The zero-order valence-electron chi connectivity index (χ0n) is 11.7. The molecule has 0 amide bonds. The molecule has 2 fully saturated rings. The summed E-state index contributed by atoms with van der Waals surface area (Å²) in [6, 6.07) is 3.65. The Kier molecular flexibility index (Phi) is 5.46. The number of piperidine rings is 1. The van der Waals surface area contributed by atoms with Gasteiger partial charge in [0.1, 0.15) is 0 Å². The highest BCUT2D eigenvalue weighted by Gasteiger charge is 2.27. The van der Waals surface area contributed by atoms with Gasteiger partial charge in [0.15, 0.2) is 0 Å².